The zero-order valence-corrected chi connectivity index (χ0v) is 14.3. The largest absolute Gasteiger partial charge is 0.452 e. The van der Waals surface area contributed by atoms with E-state index in [1.165, 1.54) is 24.5 Å². The second-order valence-corrected chi connectivity index (χ2v) is 6.50. The van der Waals surface area contributed by atoms with Crippen LogP contribution < -0.4 is 5.32 Å². The lowest BCUT2D eigenvalue weighted by molar-refractivity contribution is -0.137. The van der Waals surface area contributed by atoms with Crippen molar-refractivity contribution in [1.29, 1.82) is 0 Å². The Kier molecular flexibility index (Phi) is 6.14. The number of ether oxygens (including phenoxy) is 1. The van der Waals surface area contributed by atoms with E-state index in [1.807, 2.05) is 0 Å². The number of carbonyl (C=O) groups excluding carboxylic acids is 2. The standard InChI is InChI=1S/C17H14F3NO4S/c1-26(24)14-8-3-2-7-13(14)16(23)25-10-15(22)21-12-6-4-5-11(9-12)17(18,19)20/h2-9H,10H2,1H3,(H,21,22)/t26-/m0/s1. The van der Waals surface area contributed by atoms with E-state index in [9.17, 15) is 27.0 Å². The number of rotatable bonds is 5. The Balaban J connectivity index is 1.99. The molecule has 2 aromatic rings. The topological polar surface area (TPSA) is 72.5 Å². The summed E-state index contributed by atoms with van der Waals surface area (Å²) in [6.45, 7) is -0.695. The molecule has 0 aromatic heterocycles. The highest BCUT2D eigenvalue weighted by atomic mass is 32.2. The number of hydrogen-bond donors (Lipinski definition) is 1. The predicted octanol–water partition coefficient (Wildman–Crippen LogP) is 3.24. The van der Waals surface area contributed by atoms with Crippen molar-refractivity contribution in [3.63, 3.8) is 0 Å². The first-order valence-electron chi connectivity index (χ1n) is 7.25. The van der Waals surface area contributed by atoms with Crippen LogP contribution in [0.3, 0.4) is 0 Å². The molecule has 26 heavy (non-hydrogen) atoms. The van der Waals surface area contributed by atoms with E-state index in [0.717, 1.165) is 18.2 Å². The van der Waals surface area contributed by atoms with Crippen molar-refractivity contribution in [2.75, 3.05) is 18.2 Å². The van der Waals surface area contributed by atoms with Crippen molar-refractivity contribution in [3.05, 3.63) is 59.7 Å². The predicted molar refractivity (Wildman–Crippen MR) is 89.1 cm³/mol. The molecule has 2 aromatic carbocycles. The second kappa shape index (κ2) is 8.13. The van der Waals surface area contributed by atoms with Crippen molar-refractivity contribution < 1.29 is 31.7 Å². The lowest BCUT2D eigenvalue weighted by atomic mass is 10.2. The van der Waals surface area contributed by atoms with Gasteiger partial charge in [-0.25, -0.2) is 4.79 Å². The van der Waals surface area contributed by atoms with Gasteiger partial charge in [-0.3, -0.25) is 9.00 Å². The third-order valence-corrected chi connectivity index (χ3v) is 4.20. The maximum absolute atomic E-state index is 12.6. The van der Waals surface area contributed by atoms with E-state index >= 15 is 0 Å². The molecule has 138 valence electrons. The number of amides is 1. The number of anilines is 1. The Morgan fingerprint density at radius 2 is 1.81 bits per heavy atom. The van der Waals surface area contributed by atoms with Crippen LogP contribution in [-0.2, 0) is 26.5 Å². The normalized spacial score (nSPS) is 12.3. The quantitative estimate of drug-likeness (QED) is 0.802. The van der Waals surface area contributed by atoms with Gasteiger partial charge in [0.25, 0.3) is 5.91 Å². The molecule has 0 fully saturated rings. The molecule has 1 amide bonds. The van der Waals surface area contributed by atoms with Crippen molar-refractivity contribution in [2.45, 2.75) is 11.1 Å². The molecule has 0 aliphatic carbocycles. The Hall–Kier alpha value is -2.68. The first-order chi connectivity index (χ1) is 12.2. The fourth-order valence-corrected chi connectivity index (χ4v) is 2.80. The number of esters is 1. The van der Waals surface area contributed by atoms with E-state index in [1.54, 1.807) is 12.1 Å². The SMILES string of the molecule is C[S@](=O)c1ccccc1C(=O)OCC(=O)Nc1cccc(C(F)(F)F)c1. The third kappa shape index (κ3) is 5.16. The molecule has 0 aliphatic rings. The van der Waals surface area contributed by atoms with Crippen molar-refractivity contribution in [2.24, 2.45) is 0 Å². The molecular weight excluding hydrogens is 371 g/mol. The third-order valence-electron chi connectivity index (χ3n) is 3.22. The molecule has 5 nitrogen and oxygen atoms in total. The molecule has 1 atom stereocenters. The molecule has 0 radical (unpaired) electrons. The number of carbonyl (C=O) groups is 2. The summed E-state index contributed by atoms with van der Waals surface area (Å²) in [6, 6.07) is 10.1. The lowest BCUT2D eigenvalue weighted by Gasteiger charge is -2.10. The second-order valence-electron chi connectivity index (χ2n) is 5.15. The number of alkyl halides is 3. The van der Waals surface area contributed by atoms with Gasteiger partial charge in [0.05, 0.1) is 26.8 Å². The Morgan fingerprint density at radius 1 is 1.12 bits per heavy atom. The summed E-state index contributed by atoms with van der Waals surface area (Å²) in [5.41, 5.74) is -0.928. The summed E-state index contributed by atoms with van der Waals surface area (Å²) in [5, 5.41) is 2.22. The van der Waals surface area contributed by atoms with E-state index in [4.69, 9.17) is 4.74 Å². The molecule has 0 saturated heterocycles. The average Bonchev–Trinajstić information content (AvgIpc) is 2.59. The van der Waals surface area contributed by atoms with Gasteiger partial charge in [-0.15, -0.1) is 0 Å². The average molecular weight is 385 g/mol. The summed E-state index contributed by atoms with van der Waals surface area (Å²) >= 11 is 0. The van der Waals surface area contributed by atoms with Crippen LogP contribution in [0.1, 0.15) is 15.9 Å². The van der Waals surface area contributed by atoms with Gasteiger partial charge in [-0.2, -0.15) is 13.2 Å². The first kappa shape index (κ1) is 19.6. The van der Waals surface area contributed by atoms with Crippen molar-refractivity contribution in [1.82, 2.24) is 0 Å². The zero-order valence-electron chi connectivity index (χ0n) is 13.5. The van der Waals surface area contributed by atoms with Crippen molar-refractivity contribution >= 4 is 28.4 Å². The first-order valence-corrected chi connectivity index (χ1v) is 8.81. The minimum absolute atomic E-state index is 0.0557. The molecular formula is C17H14F3NO4S. The van der Waals surface area contributed by atoms with Crippen LogP contribution in [0.5, 0.6) is 0 Å². The molecule has 2 rings (SSSR count). The maximum atomic E-state index is 12.6. The maximum Gasteiger partial charge on any atom is 0.416 e. The van der Waals surface area contributed by atoms with E-state index in [2.05, 4.69) is 5.32 Å². The summed E-state index contributed by atoms with van der Waals surface area (Å²) in [7, 11) is -1.43. The van der Waals surface area contributed by atoms with Gasteiger partial charge in [-0.1, -0.05) is 18.2 Å². The number of nitrogens with one attached hydrogen (secondary N) is 1. The fourth-order valence-electron chi connectivity index (χ4n) is 2.07. The van der Waals surface area contributed by atoms with Crippen LogP contribution in [-0.4, -0.2) is 28.9 Å². The van der Waals surface area contributed by atoms with Crippen LogP contribution in [0.15, 0.2) is 53.4 Å². The van der Waals surface area contributed by atoms with Crippen LogP contribution >= 0.6 is 0 Å². The molecule has 0 unspecified atom stereocenters. The van der Waals surface area contributed by atoms with Crippen LogP contribution in [0, 0.1) is 0 Å². The van der Waals surface area contributed by atoms with Gasteiger partial charge in [0, 0.05) is 11.9 Å². The smallest absolute Gasteiger partial charge is 0.416 e. The lowest BCUT2D eigenvalue weighted by Crippen LogP contribution is -2.21. The van der Waals surface area contributed by atoms with Gasteiger partial charge < -0.3 is 10.1 Å². The molecule has 0 bridgehead atoms. The van der Waals surface area contributed by atoms with Gasteiger partial charge in [-0.05, 0) is 30.3 Å². The zero-order chi connectivity index (χ0) is 19.3. The minimum Gasteiger partial charge on any atom is -0.452 e. The number of benzene rings is 2. The summed E-state index contributed by atoms with van der Waals surface area (Å²) in [4.78, 5) is 24.1. The van der Waals surface area contributed by atoms with Gasteiger partial charge in [0.1, 0.15) is 0 Å². The molecule has 0 saturated carbocycles. The highest BCUT2D eigenvalue weighted by Gasteiger charge is 2.30. The summed E-state index contributed by atoms with van der Waals surface area (Å²) in [6.07, 6.45) is -3.14. The monoisotopic (exact) mass is 385 g/mol. The van der Waals surface area contributed by atoms with Gasteiger partial charge in [0.15, 0.2) is 6.61 Å². The summed E-state index contributed by atoms with van der Waals surface area (Å²) in [5.74, 6) is -1.65. The number of halogens is 3. The van der Waals surface area contributed by atoms with Crippen molar-refractivity contribution in [3.8, 4) is 0 Å². The molecule has 1 N–H and O–H groups in total. The minimum atomic E-state index is -4.54. The molecule has 0 aliphatic heterocycles. The van der Waals surface area contributed by atoms with E-state index in [0.29, 0.717) is 0 Å². The Morgan fingerprint density at radius 3 is 2.46 bits per heavy atom. The highest BCUT2D eigenvalue weighted by molar-refractivity contribution is 7.84. The highest BCUT2D eigenvalue weighted by Crippen LogP contribution is 2.30. The molecule has 0 spiro atoms. The molecule has 0 heterocycles. The van der Waals surface area contributed by atoms with Crippen LogP contribution in [0.2, 0.25) is 0 Å². The Bertz CT molecular complexity index is 852. The summed E-state index contributed by atoms with van der Waals surface area (Å²) < 4.78 is 54.4. The van der Waals surface area contributed by atoms with Crippen LogP contribution in [0.4, 0.5) is 18.9 Å². The van der Waals surface area contributed by atoms with Gasteiger partial charge in [0.2, 0.25) is 0 Å². The fraction of sp³-hybridized carbons (Fsp3) is 0.176. The number of hydrogen-bond acceptors (Lipinski definition) is 4. The van der Waals surface area contributed by atoms with E-state index < -0.39 is 41.0 Å². The van der Waals surface area contributed by atoms with E-state index in [-0.39, 0.29) is 16.1 Å². The molecule has 9 heteroatoms. The van der Waals surface area contributed by atoms with Crippen LogP contribution in [0.25, 0.3) is 0 Å². The Labute approximate surface area is 149 Å². The van der Waals surface area contributed by atoms with Gasteiger partial charge >= 0.3 is 12.1 Å².